The maximum absolute atomic E-state index is 12.9. The van der Waals surface area contributed by atoms with Crippen molar-refractivity contribution >= 4 is 11.3 Å². The Balaban J connectivity index is 2.10. The van der Waals surface area contributed by atoms with Crippen LogP contribution in [0, 0.1) is 5.82 Å². The molecule has 0 saturated heterocycles. The Kier molecular flexibility index (Phi) is 2.45. The van der Waals surface area contributed by atoms with E-state index in [0.29, 0.717) is 0 Å². The number of nitrogens with zero attached hydrogens (tertiary/aromatic N) is 3. The van der Waals surface area contributed by atoms with Crippen LogP contribution < -0.4 is 0 Å². The normalized spacial score (nSPS) is 10.6. The molecule has 1 aromatic carbocycles. The Morgan fingerprint density at radius 2 is 1.94 bits per heavy atom. The summed E-state index contributed by atoms with van der Waals surface area (Å²) in [5.41, 5.74) is 1.81. The van der Waals surface area contributed by atoms with Gasteiger partial charge in [0, 0.05) is 10.9 Å². The highest BCUT2D eigenvalue weighted by Gasteiger charge is 2.09. The number of thiophene rings is 1. The first-order valence-electron chi connectivity index (χ1n) is 5.03. The maximum atomic E-state index is 12.9. The van der Waals surface area contributed by atoms with E-state index in [2.05, 4.69) is 10.1 Å². The quantitative estimate of drug-likeness (QED) is 0.694. The van der Waals surface area contributed by atoms with Gasteiger partial charge in [-0.15, -0.1) is 0 Å². The van der Waals surface area contributed by atoms with Crippen molar-refractivity contribution in [3.8, 4) is 17.1 Å². The molecule has 17 heavy (non-hydrogen) atoms. The molecule has 2 aromatic heterocycles. The van der Waals surface area contributed by atoms with Crippen molar-refractivity contribution in [3.63, 3.8) is 0 Å². The topological polar surface area (TPSA) is 30.7 Å². The molecule has 2 heterocycles. The standard InChI is InChI=1S/C12H8FN3S/c13-10-1-3-11(4-2-10)16-12(14-8-15-16)9-5-6-17-7-9/h1-8H. The van der Waals surface area contributed by atoms with E-state index in [1.54, 1.807) is 28.2 Å². The first kappa shape index (κ1) is 10.2. The highest BCUT2D eigenvalue weighted by Crippen LogP contribution is 2.22. The molecule has 0 aliphatic rings. The molecule has 3 aromatic rings. The fraction of sp³-hybridized carbons (Fsp3) is 0. The third kappa shape index (κ3) is 1.85. The van der Waals surface area contributed by atoms with E-state index in [1.807, 2.05) is 16.8 Å². The van der Waals surface area contributed by atoms with Gasteiger partial charge in [0.05, 0.1) is 5.69 Å². The van der Waals surface area contributed by atoms with E-state index < -0.39 is 0 Å². The highest BCUT2D eigenvalue weighted by molar-refractivity contribution is 7.08. The predicted octanol–water partition coefficient (Wildman–Crippen LogP) is 3.13. The number of aromatic nitrogens is 3. The second-order valence-electron chi connectivity index (χ2n) is 3.48. The molecule has 0 saturated carbocycles. The van der Waals surface area contributed by atoms with Crippen molar-refractivity contribution in [2.24, 2.45) is 0 Å². The lowest BCUT2D eigenvalue weighted by molar-refractivity contribution is 0.627. The van der Waals surface area contributed by atoms with Crippen LogP contribution in [0.3, 0.4) is 0 Å². The van der Waals surface area contributed by atoms with Gasteiger partial charge < -0.3 is 0 Å². The zero-order valence-electron chi connectivity index (χ0n) is 8.75. The van der Waals surface area contributed by atoms with Crippen LogP contribution in [0.15, 0.2) is 47.4 Å². The molecule has 0 N–H and O–H groups in total. The summed E-state index contributed by atoms with van der Waals surface area (Å²) >= 11 is 1.60. The van der Waals surface area contributed by atoms with Gasteiger partial charge in [-0.1, -0.05) is 0 Å². The van der Waals surface area contributed by atoms with Gasteiger partial charge in [-0.25, -0.2) is 14.1 Å². The zero-order valence-corrected chi connectivity index (χ0v) is 9.56. The van der Waals surface area contributed by atoms with Crippen molar-refractivity contribution in [1.82, 2.24) is 14.8 Å². The average Bonchev–Trinajstić information content (AvgIpc) is 3.00. The summed E-state index contributed by atoms with van der Waals surface area (Å²) in [7, 11) is 0. The molecular weight excluding hydrogens is 237 g/mol. The Labute approximate surface area is 101 Å². The molecule has 3 rings (SSSR count). The summed E-state index contributed by atoms with van der Waals surface area (Å²) in [6, 6.07) is 8.16. The molecular formula is C12H8FN3S. The van der Waals surface area contributed by atoms with Gasteiger partial charge in [0.15, 0.2) is 5.82 Å². The van der Waals surface area contributed by atoms with Gasteiger partial charge in [-0.05, 0) is 35.7 Å². The van der Waals surface area contributed by atoms with Gasteiger partial charge >= 0.3 is 0 Å². The minimum atomic E-state index is -0.258. The Morgan fingerprint density at radius 1 is 1.12 bits per heavy atom. The molecule has 0 atom stereocenters. The Morgan fingerprint density at radius 3 is 2.65 bits per heavy atom. The van der Waals surface area contributed by atoms with Crippen molar-refractivity contribution in [2.75, 3.05) is 0 Å². The van der Waals surface area contributed by atoms with Crippen LogP contribution in [0.1, 0.15) is 0 Å². The van der Waals surface area contributed by atoms with E-state index >= 15 is 0 Å². The SMILES string of the molecule is Fc1ccc(-n2ncnc2-c2ccsc2)cc1. The summed E-state index contributed by atoms with van der Waals surface area (Å²) in [6.45, 7) is 0. The van der Waals surface area contributed by atoms with Crippen LogP contribution in [0.5, 0.6) is 0 Å². The van der Waals surface area contributed by atoms with E-state index in [1.165, 1.54) is 18.5 Å². The predicted molar refractivity (Wildman–Crippen MR) is 64.6 cm³/mol. The molecule has 3 nitrogen and oxygen atoms in total. The van der Waals surface area contributed by atoms with Crippen LogP contribution >= 0.6 is 11.3 Å². The summed E-state index contributed by atoms with van der Waals surface area (Å²) < 4.78 is 14.6. The molecule has 0 amide bonds. The first-order chi connectivity index (χ1) is 8.34. The van der Waals surface area contributed by atoms with Crippen molar-refractivity contribution < 1.29 is 4.39 Å². The highest BCUT2D eigenvalue weighted by atomic mass is 32.1. The fourth-order valence-electron chi connectivity index (χ4n) is 1.60. The van der Waals surface area contributed by atoms with Gasteiger partial charge in [0.1, 0.15) is 12.1 Å². The minimum absolute atomic E-state index is 0.258. The third-order valence-corrected chi connectivity index (χ3v) is 3.08. The number of hydrogen-bond acceptors (Lipinski definition) is 3. The molecule has 0 aliphatic heterocycles. The van der Waals surface area contributed by atoms with Gasteiger partial charge in [-0.3, -0.25) is 0 Å². The first-order valence-corrected chi connectivity index (χ1v) is 5.97. The van der Waals surface area contributed by atoms with Crippen molar-refractivity contribution in [3.05, 3.63) is 53.2 Å². The largest absolute Gasteiger partial charge is 0.215 e. The second kappa shape index (κ2) is 4.10. The van der Waals surface area contributed by atoms with Crippen LogP contribution in [-0.4, -0.2) is 14.8 Å². The number of rotatable bonds is 2. The van der Waals surface area contributed by atoms with Crippen LogP contribution in [0.2, 0.25) is 0 Å². The summed E-state index contributed by atoms with van der Waals surface area (Å²) in [5, 5.41) is 8.15. The lowest BCUT2D eigenvalue weighted by Gasteiger charge is -2.04. The molecule has 84 valence electrons. The molecule has 5 heteroatoms. The molecule has 0 bridgehead atoms. The Hall–Kier alpha value is -2.01. The molecule has 0 spiro atoms. The lowest BCUT2D eigenvalue weighted by Crippen LogP contribution is -1.98. The molecule has 0 aliphatic carbocycles. The fourth-order valence-corrected chi connectivity index (χ4v) is 2.24. The molecule has 0 unspecified atom stereocenters. The van der Waals surface area contributed by atoms with Crippen LogP contribution in [-0.2, 0) is 0 Å². The zero-order chi connectivity index (χ0) is 11.7. The van der Waals surface area contributed by atoms with Crippen molar-refractivity contribution in [2.45, 2.75) is 0 Å². The third-order valence-electron chi connectivity index (χ3n) is 2.40. The average molecular weight is 245 g/mol. The van der Waals surface area contributed by atoms with Gasteiger partial charge in [0.2, 0.25) is 0 Å². The smallest absolute Gasteiger partial charge is 0.163 e. The maximum Gasteiger partial charge on any atom is 0.163 e. The van der Waals surface area contributed by atoms with Crippen LogP contribution in [0.25, 0.3) is 17.1 Å². The molecule has 0 radical (unpaired) electrons. The van der Waals surface area contributed by atoms with E-state index in [0.717, 1.165) is 17.1 Å². The lowest BCUT2D eigenvalue weighted by atomic mass is 10.3. The monoisotopic (exact) mass is 245 g/mol. The second-order valence-corrected chi connectivity index (χ2v) is 4.26. The summed E-state index contributed by atoms with van der Waals surface area (Å²) in [6.07, 6.45) is 1.50. The summed E-state index contributed by atoms with van der Waals surface area (Å²) in [5.74, 6) is 0.504. The van der Waals surface area contributed by atoms with Gasteiger partial charge in [0.25, 0.3) is 0 Å². The van der Waals surface area contributed by atoms with Gasteiger partial charge in [-0.2, -0.15) is 16.4 Å². The summed E-state index contributed by atoms with van der Waals surface area (Å²) in [4.78, 5) is 4.22. The minimum Gasteiger partial charge on any atom is -0.215 e. The van der Waals surface area contributed by atoms with E-state index in [4.69, 9.17) is 0 Å². The van der Waals surface area contributed by atoms with Crippen molar-refractivity contribution in [1.29, 1.82) is 0 Å². The van der Waals surface area contributed by atoms with Crippen LogP contribution in [0.4, 0.5) is 4.39 Å². The van der Waals surface area contributed by atoms with E-state index in [9.17, 15) is 4.39 Å². The van der Waals surface area contributed by atoms with E-state index in [-0.39, 0.29) is 5.82 Å². The number of benzene rings is 1. The number of hydrogen-bond donors (Lipinski definition) is 0. The Bertz CT molecular complexity index is 614. The number of halogens is 1. The molecule has 0 fully saturated rings.